The molecule has 0 aliphatic carbocycles. The van der Waals surface area contributed by atoms with Crippen molar-refractivity contribution in [2.75, 3.05) is 6.61 Å². The predicted molar refractivity (Wildman–Crippen MR) is 68.5 cm³/mol. The lowest BCUT2D eigenvalue weighted by Crippen LogP contribution is -2.29. The lowest BCUT2D eigenvalue weighted by Gasteiger charge is -2.18. The normalized spacial score (nSPS) is 17.5. The number of nitrogens with zero attached hydrogens (tertiary/aromatic N) is 1. The largest absolute Gasteiger partial charge is 0.465 e. The van der Waals surface area contributed by atoms with Crippen molar-refractivity contribution in [2.24, 2.45) is 10.9 Å². The maximum Gasteiger partial charge on any atom is 0.322 e. The Labute approximate surface area is 106 Å². The number of hydrogen-bond acceptors (Lipinski definition) is 4. The van der Waals surface area contributed by atoms with Gasteiger partial charge in [-0.05, 0) is 38.0 Å². The molecule has 0 N–H and O–H groups in total. The number of ketones is 1. The summed E-state index contributed by atoms with van der Waals surface area (Å²) in [6, 6.07) is 3.74. The fourth-order valence-corrected chi connectivity index (χ4v) is 2.10. The number of carbonyl (C=O) groups is 2. The summed E-state index contributed by atoms with van der Waals surface area (Å²) in [6.45, 7) is 5.79. The van der Waals surface area contributed by atoms with E-state index in [-0.39, 0.29) is 12.4 Å². The van der Waals surface area contributed by atoms with Crippen molar-refractivity contribution in [1.82, 2.24) is 0 Å². The number of esters is 1. The number of ether oxygens (including phenoxy) is 1. The van der Waals surface area contributed by atoms with Crippen molar-refractivity contribution in [3.05, 3.63) is 28.8 Å². The number of hydrogen-bond donors (Lipinski definition) is 0. The third-order valence-corrected chi connectivity index (χ3v) is 2.89. The number of aryl methyl sites for hydroxylation is 2. The van der Waals surface area contributed by atoms with E-state index in [4.69, 9.17) is 4.74 Å². The monoisotopic (exact) mass is 245 g/mol. The van der Waals surface area contributed by atoms with Crippen molar-refractivity contribution in [2.45, 2.75) is 20.8 Å². The Morgan fingerprint density at radius 2 is 2.11 bits per heavy atom. The van der Waals surface area contributed by atoms with Crippen molar-refractivity contribution >= 4 is 23.7 Å². The molecule has 0 saturated carbocycles. The molecule has 4 nitrogen and oxygen atoms in total. The zero-order valence-corrected chi connectivity index (χ0v) is 10.7. The number of aliphatic imine (C=N–C) groups is 1. The SMILES string of the molecule is CCOC(=O)C1C=Nc2c(C)cc(C)cc2C1=O. The van der Waals surface area contributed by atoms with Gasteiger partial charge in [0, 0.05) is 11.8 Å². The van der Waals surface area contributed by atoms with E-state index >= 15 is 0 Å². The van der Waals surface area contributed by atoms with Crippen LogP contribution in [0.15, 0.2) is 17.1 Å². The molecule has 0 spiro atoms. The molecule has 1 unspecified atom stereocenters. The fourth-order valence-electron chi connectivity index (χ4n) is 2.10. The Bertz CT molecular complexity index is 546. The van der Waals surface area contributed by atoms with E-state index in [0.29, 0.717) is 11.3 Å². The quantitative estimate of drug-likeness (QED) is 0.593. The molecule has 1 aliphatic rings. The molecule has 0 saturated heterocycles. The molecule has 0 amide bonds. The van der Waals surface area contributed by atoms with Crippen LogP contribution in [0.3, 0.4) is 0 Å². The summed E-state index contributed by atoms with van der Waals surface area (Å²) in [5.74, 6) is -1.67. The molecule has 18 heavy (non-hydrogen) atoms. The minimum absolute atomic E-state index is 0.231. The number of benzene rings is 1. The number of carbonyl (C=O) groups excluding carboxylic acids is 2. The topological polar surface area (TPSA) is 55.7 Å². The number of Topliss-reactive ketones (excluding diaryl/α,β-unsaturated/α-hetero) is 1. The van der Waals surface area contributed by atoms with Crippen LogP contribution in [0, 0.1) is 19.8 Å². The Morgan fingerprint density at radius 3 is 2.78 bits per heavy atom. The summed E-state index contributed by atoms with van der Waals surface area (Å²) < 4.78 is 4.88. The van der Waals surface area contributed by atoms with E-state index < -0.39 is 11.9 Å². The van der Waals surface area contributed by atoms with Gasteiger partial charge in [-0.3, -0.25) is 14.6 Å². The standard InChI is InChI=1S/C14H15NO3/c1-4-18-14(17)11-7-15-12-9(3)5-8(2)6-10(12)13(11)16/h5-7,11H,4H2,1-3H3. The van der Waals surface area contributed by atoms with Crippen LogP contribution < -0.4 is 0 Å². The van der Waals surface area contributed by atoms with Gasteiger partial charge >= 0.3 is 5.97 Å². The zero-order valence-electron chi connectivity index (χ0n) is 10.7. The maximum absolute atomic E-state index is 12.2. The van der Waals surface area contributed by atoms with Gasteiger partial charge in [-0.2, -0.15) is 0 Å². The second kappa shape index (κ2) is 4.72. The molecule has 94 valence electrons. The highest BCUT2D eigenvalue weighted by Gasteiger charge is 2.32. The van der Waals surface area contributed by atoms with E-state index in [1.54, 1.807) is 13.0 Å². The Balaban J connectivity index is 2.43. The summed E-state index contributed by atoms with van der Waals surface area (Å²) in [7, 11) is 0. The van der Waals surface area contributed by atoms with Gasteiger partial charge in [0.15, 0.2) is 11.7 Å². The molecule has 0 aromatic heterocycles. The van der Waals surface area contributed by atoms with Gasteiger partial charge in [0.2, 0.25) is 0 Å². The van der Waals surface area contributed by atoms with Crippen LogP contribution >= 0.6 is 0 Å². The van der Waals surface area contributed by atoms with Gasteiger partial charge in [-0.25, -0.2) is 0 Å². The fraction of sp³-hybridized carbons (Fsp3) is 0.357. The first-order valence-corrected chi connectivity index (χ1v) is 5.91. The van der Waals surface area contributed by atoms with Crippen LogP contribution in [0.25, 0.3) is 0 Å². The van der Waals surface area contributed by atoms with Gasteiger partial charge in [0.05, 0.1) is 12.3 Å². The number of fused-ring (bicyclic) bond motifs is 1. The summed E-state index contributed by atoms with van der Waals surface area (Å²) in [5.41, 5.74) is 3.09. The molecule has 1 heterocycles. The molecule has 0 bridgehead atoms. The maximum atomic E-state index is 12.2. The highest BCUT2D eigenvalue weighted by atomic mass is 16.5. The van der Waals surface area contributed by atoms with E-state index in [1.165, 1.54) is 6.21 Å². The van der Waals surface area contributed by atoms with Crippen molar-refractivity contribution < 1.29 is 14.3 Å². The van der Waals surface area contributed by atoms with Gasteiger partial charge in [-0.15, -0.1) is 0 Å². The Hall–Kier alpha value is -1.97. The van der Waals surface area contributed by atoms with Crippen molar-refractivity contribution in [3.8, 4) is 0 Å². The molecule has 0 fully saturated rings. The molecule has 1 aromatic carbocycles. The summed E-state index contributed by atoms with van der Waals surface area (Å²) in [5, 5.41) is 0. The predicted octanol–water partition coefficient (Wildman–Crippen LogP) is 2.38. The van der Waals surface area contributed by atoms with Gasteiger partial charge in [0.25, 0.3) is 0 Å². The molecule has 2 rings (SSSR count). The molecule has 0 radical (unpaired) electrons. The van der Waals surface area contributed by atoms with Crippen LogP contribution in [0.1, 0.15) is 28.4 Å². The summed E-state index contributed by atoms with van der Waals surface area (Å²) in [6.07, 6.45) is 1.38. The Morgan fingerprint density at radius 1 is 1.39 bits per heavy atom. The summed E-state index contributed by atoms with van der Waals surface area (Å²) >= 11 is 0. The third-order valence-electron chi connectivity index (χ3n) is 2.89. The summed E-state index contributed by atoms with van der Waals surface area (Å²) in [4.78, 5) is 28.1. The van der Waals surface area contributed by atoms with Crippen LogP contribution in [0.4, 0.5) is 5.69 Å². The number of rotatable bonds is 2. The van der Waals surface area contributed by atoms with Crippen molar-refractivity contribution in [1.29, 1.82) is 0 Å². The van der Waals surface area contributed by atoms with Crippen LogP contribution in [0.5, 0.6) is 0 Å². The molecular weight excluding hydrogens is 230 g/mol. The van der Waals surface area contributed by atoms with Gasteiger partial charge in [-0.1, -0.05) is 6.07 Å². The van der Waals surface area contributed by atoms with E-state index in [9.17, 15) is 9.59 Å². The van der Waals surface area contributed by atoms with Gasteiger partial charge in [0.1, 0.15) is 0 Å². The van der Waals surface area contributed by atoms with Crippen LogP contribution in [-0.2, 0) is 9.53 Å². The third kappa shape index (κ3) is 2.06. The average Bonchev–Trinajstić information content (AvgIpc) is 2.30. The lowest BCUT2D eigenvalue weighted by atomic mass is 9.91. The lowest BCUT2D eigenvalue weighted by molar-refractivity contribution is -0.143. The Kier molecular flexibility index (Phi) is 3.28. The second-order valence-electron chi connectivity index (χ2n) is 4.35. The first kappa shape index (κ1) is 12.5. The first-order valence-electron chi connectivity index (χ1n) is 5.91. The van der Waals surface area contributed by atoms with Crippen LogP contribution in [0.2, 0.25) is 0 Å². The second-order valence-corrected chi connectivity index (χ2v) is 4.35. The highest BCUT2D eigenvalue weighted by Crippen LogP contribution is 2.31. The van der Waals surface area contributed by atoms with E-state index in [0.717, 1.165) is 11.1 Å². The van der Waals surface area contributed by atoms with E-state index in [2.05, 4.69) is 4.99 Å². The minimum Gasteiger partial charge on any atom is -0.465 e. The molecular formula is C14H15NO3. The first-order chi connectivity index (χ1) is 8.54. The zero-order chi connectivity index (χ0) is 13.3. The molecule has 1 atom stereocenters. The van der Waals surface area contributed by atoms with Crippen LogP contribution in [-0.4, -0.2) is 24.6 Å². The highest BCUT2D eigenvalue weighted by molar-refractivity contribution is 6.22. The molecule has 4 heteroatoms. The minimum atomic E-state index is -0.904. The van der Waals surface area contributed by atoms with E-state index in [1.807, 2.05) is 19.9 Å². The van der Waals surface area contributed by atoms with Crippen molar-refractivity contribution in [3.63, 3.8) is 0 Å². The van der Waals surface area contributed by atoms with Gasteiger partial charge < -0.3 is 4.74 Å². The smallest absolute Gasteiger partial charge is 0.322 e. The molecule has 1 aliphatic heterocycles. The average molecular weight is 245 g/mol. The molecule has 1 aromatic rings.